The van der Waals surface area contributed by atoms with E-state index < -0.39 is 11.9 Å². The molecule has 3 aliphatic rings. The fourth-order valence-corrected chi connectivity index (χ4v) is 3.54. The Balaban J connectivity index is 1.76. The number of nitrogens with zero attached hydrogens (tertiary/aromatic N) is 2. The summed E-state index contributed by atoms with van der Waals surface area (Å²) in [5.41, 5.74) is 0.692. The van der Waals surface area contributed by atoms with Gasteiger partial charge in [-0.15, -0.1) is 0 Å². The third-order valence-electron chi connectivity index (χ3n) is 4.92. The minimum Gasteiger partial charge on any atom is -0.460 e. The van der Waals surface area contributed by atoms with E-state index >= 15 is 0 Å². The van der Waals surface area contributed by atoms with Gasteiger partial charge in [0.1, 0.15) is 6.10 Å². The predicted molar refractivity (Wildman–Crippen MR) is 86.9 cm³/mol. The zero-order valence-electron chi connectivity index (χ0n) is 13.8. The molecule has 0 saturated carbocycles. The number of benzene rings is 1. The van der Waals surface area contributed by atoms with E-state index in [-0.39, 0.29) is 12.0 Å². The van der Waals surface area contributed by atoms with Gasteiger partial charge in [-0.2, -0.15) is 0 Å². The van der Waals surface area contributed by atoms with Crippen molar-refractivity contribution >= 4 is 11.9 Å². The van der Waals surface area contributed by atoms with Crippen molar-refractivity contribution in [2.24, 2.45) is 5.92 Å². The molecule has 1 aromatic rings. The van der Waals surface area contributed by atoms with Gasteiger partial charge < -0.3 is 9.64 Å². The summed E-state index contributed by atoms with van der Waals surface area (Å²) in [5.74, 6) is -1.09. The number of fused-ring (bicyclic) bond motifs is 3. The molecule has 3 heterocycles. The van der Waals surface area contributed by atoms with Gasteiger partial charge in [0, 0.05) is 20.6 Å². The number of hydrogen-bond acceptors (Lipinski definition) is 4. The van der Waals surface area contributed by atoms with Crippen LogP contribution in [0.5, 0.6) is 0 Å². The average molecular weight is 316 g/mol. The summed E-state index contributed by atoms with van der Waals surface area (Å²) in [7, 11) is 3.33. The number of hydrogen-bond donors (Lipinski definition) is 0. The Morgan fingerprint density at radius 3 is 2.35 bits per heavy atom. The minimum atomic E-state index is -0.873. The SMILES string of the molecule is CN(C)C(=O)C(C(=O)OC1CN2CCC1CC2)c1ccccc1. The highest BCUT2D eigenvalue weighted by Crippen LogP contribution is 2.31. The number of ether oxygens (including phenoxy) is 1. The number of carbonyl (C=O) groups is 2. The lowest BCUT2D eigenvalue weighted by Gasteiger charge is -2.44. The van der Waals surface area contributed by atoms with E-state index in [1.54, 1.807) is 14.1 Å². The predicted octanol–water partition coefficient (Wildman–Crippen LogP) is 1.50. The number of rotatable bonds is 4. The highest BCUT2D eigenvalue weighted by molar-refractivity contribution is 6.03. The molecule has 0 spiro atoms. The molecule has 0 radical (unpaired) electrons. The number of esters is 1. The van der Waals surface area contributed by atoms with Crippen molar-refractivity contribution in [2.75, 3.05) is 33.7 Å². The molecule has 1 amide bonds. The Morgan fingerprint density at radius 1 is 1.17 bits per heavy atom. The summed E-state index contributed by atoms with van der Waals surface area (Å²) in [4.78, 5) is 29.0. The summed E-state index contributed by atoms with van der Waals surface area (Å²) < 4.78 is 5.79. The van der Waals surface area contributed by atoms with Gasteiger partial charge in [-0.25, -0.2) is 0 Å². The van der Waals surface area contributed by atoms with Crippen LogP contribution in [-0.4, -0.2) is 61.5 Å². The molecule has 2 unspecified atom stereocenters. The largest absolute Gasteiger partial charge is 0.460 e. The van der Waals surface area contributed by atoms with Gasteiger partial charge in [-0.3, -0.25) is 14.5 Å². The van der Waals surface area contributed by atoms with Crippen LogP contribution in [0.2, 0.25) is 0 Å². The van der Waals surface area contributed by atoms with Crippen LogP contribution < -0.4 is 0 Å². The van der Waals surface area contributed by atoms with Crippen LogP contribution in [0.25, 0.3) is 0 Å². The molecule has 0 N–H and O–H groups in total. The average Bonchev–Trinajstić information content (AvgIpc) is 2.57. The monoisotopic (exact) mass is 316 g/mol. The van der Waals surface area contributed by atoms with E-state index in [2.05, 4.69) is 4.90 Å². The van der Waals surface area contributed by atoms with Crippen LogP contribution in [0.1, 0.15) is 24.3 Å². The van der Waals surface area contributed by atoms with Crippen LogP contribution in [0.3, 0.4) is 0 Å². The molecule has 5 nitrogen and oxygen atoms in total. The van der Waals surface area contributed by atoms with E-state index in [1.165, 1.54) is 4.90 Å². The summed E-state index contributed by atoms with van der Waals surface area (Å²) in [6.45, 7) is 2.99. The molecular weight excluding hydrogens is 292 g/mol. The molecule has 0 aliphatic carbocycles. The van der Waals surface area contributed by atoms with Crippen LogP contribution in [-0.2, 0) is 14.3 Å². The third kappa shape index (κ3) is 3.39. The molecule has 0 aromatic heterocycles. The Morgan fingerprint density at radius 2 is 1.83 bits per heavy atom. The topological polar surface area (TPSA) is 49.9 Å². The Kier molecular flexibility index (Phi) is 4.66. The van der Waals surface area contributed by atoms with Gasteiger partial charge in [0.15, 0.2) is 5.92 Å². The number of carbonyl (C=O) groups excluding carboxylic acids is 2. The normalized spacial score (nSPS) is 27.3. The Hall–Kier alpha value is -1.88. The lowest BCUT2D eigenvalue weighted by molar-refractivity contribution is -0.163. The first-order valence-corrected chi connectivity index (χ1v) is 8.25. The van der Waals surface area contributed by atoms with Crippen LogP contribution in [0, 0.1) is 5.92 Å². The summed E-state index contributed by atoms with van der Waals surface area (Å²) in [6.07, 6.45) is 2.08. The first-order chi connectivity index (χ1) is 11.1. The second-order valence-electron chi connectivity index (χ2n) is 6.69. The molecule has 1 aromatic carbocycles. The quantitative estimate of drug-likeness (QED) is 0.624. The van der Waals surface area contributed by atoms with Crippen LogP contribution in [0.4, 0.5) is 0 Å². The van der Waals surface area contributed by atoms with Gasteiger partial charge in [0.2, 0.25) is 5.91 Å². The number of likely N-dealkylation sites (N-methyl/N-ethyl adjacent to an activating group) is 1. The summed E-state index contributed by atoms with van der Waals surface area (Å²) in [5, 5.41) is 0. The van der Waals surface area contributed by atoms with Gasteiger partial charge in [0.25, 0.3) is 0 Å². The van der Waals surface area contributed by atoms with Crippen molar-refractivity contribution in [1.29, 1.82) is 0 Å². The summed E-state index contributed by atoms with van der Waals surface area (Å²) in [6, 6.07) is 9.17. The lowest BCUT2D eigenvalue weighted by Crippen LogP contribution is -2.52. The number of amides is 1. The van der Waals surface area contributed by atoms with Crippen LogP contribution in [0.15, 0.2) is 30.3 Å². The zero-order chi connectivity index (χ0) is 16.4. The fraction of sp³-hybridized carbons (Fsp3) is 0.556. The van der Waals surface area contributed by atoms with E-state index in [0.29, 0.717) is 11.5 Å². The maximum Gasteiger partial charge on any atom is 0.323 e. The van der Waals surface area contributed by atoms with Gasteiger partial charge >= 0.3 is 5.97 Å². The number of piperidine rings is 3. The maximum absolute atomic E-state index is 12.7. The van der Waals surface area contributed by atoms with Crippen molar-refractivity contribution < 1.29 is 14.3 Å². The highest BCUT2D eigenvalue weighted by Gasteiger charge is 2.39. The van der Waals surface area contributed by atoms with Crippen molar-refractivity contribution in [3.8, 4) is 0 Å². The minimum absolute atomic E-state index is 0.0776. The standard InChI is InChI=1S/C18H24N2O3/c1-19(2)17(21)16(14-6-4-3-5-7-14)18(22)23-15-12-20-10-8-13(15)9-11-20/h3-7,13,15-16H,8-12H2,1-2H3. The van der Waals surface area contributed by atoms with Crippen molar-refractivity contribution in [3.63, 3.8) is 0 Å². The molecular formula is C18H24N2O3. The lowest BCUT2D eigenvalue weighted by atomic mass is 9.85. The zero-order valence-corrected chi connectivity index (χ0v) is 13.8. The molecule has 3 saturated heterocycles. The molecule has 3 fully saturated rings. The van der Waals surface area contributed by atoms with Gasteiger partial charge in [-0.05, 0) is 37.4 Å². The molecule has 124 valence electrons. The second-order valence-corrected chi connectivity index (χ2v) is 6.69. The van der Waals surface area contributed by atoms with E-state index in [9.17, 15) is 9.59 Å². The van der Waals surface area contributed by atoms with Gasteiger partial charge in [0.05, 0.1) is 0 Å². The second kappa shape index (κ2) is 6.71. The smallest absolute Gasteiger partial charge is 0.323 e. The Bertz CT molecular complexity index is 565. The maximum atomic E-state index is 12.7. The molecule has 4 rings (SSSR count). The third-order valence-corrected chi connectivity index (χ3v) is 4.92. The van der Waals surface area contributed by atoms with Crippen molar-refractivity contribution in [3.05, 3.63) is 35.9 Å². The van der Waals surface area contributed by atoms with E-state index in [1.807, 2.05) is 30.3 Å². The van der Waals surface area contributed by atoms with E-state index in [4.69, 9.17) is 4.74 Å². The molecule has 2 bridgehead atoms. The molecule has 2 atom stereocenters. The first kappa shape index (κ1) is 16.0. The Labute approximate surface area is 137 Å². The van der Waals surface area contributed by atoms with Gasteiger partial charge in [-0.1, -0.05) is 30.3 Å². The van der Waals surface area contributed by atoms with Crippen molar-refractivity contribution in [1.82, 2.24) is 9.80 Å². The highest BCUT2D eigenvalue weighted by atomic mass is 16.5. The summed E-state index contributed by atoms with van der Waals surface area (Å²) >= 11 is 0. The molecule has 5 heteroatoms. The molecule has 3 aliphatic heterocycles. The van der Waals surface area contributed by atoms with Crippen molar-refractivity contribution in [2.45, 2.75) is 24.9 Å². The van der Waals surface area contributed by atoms with E-state index in [0.717, 1.165) is 32.5 Å². The fourth-order valence-electron chi connectivity index (χ4n) is 3.54. The molecule has 23 heavy (non-hydrogen) atoms. The first-order valence-electron chi connectivity index (χ1n) is 8.25. The van der Waals surface area contributed by atoms with Crippen LogP contribution >= 0.6 is 0 Å².